The Kier molecular flexibility index (Phi) is 8.47. The molecular formula is C28H28N4O5S. The van der Waals surface area contributed by atoms with Crippen LogP contribution in [0.15, 0.2) is 84.0 Å². The van der Waals surface area contributed by atoms with Crippen LogP contribution in [0.3, 0.4) is 0 Å². The fourth-order valence-corrected chi connectivity index (χ4v) is 4.56. The van der Waals surface area contributed by atoms with E-state index in [9.17, 15) is 13.2 Å². The van der Waals surface area contributed by atoms with Crippen LogP contribution in [-0.4, -0.2) is 38.5 Å². The maximum atomic E-state index is 13.2. The number of methoxy groups -OCH3 is 1. The van der Waals surface area contributed by atoms with Gasteiger partial charge >= 0.3 is 0 Å². The summed E-state index contributed by atoms with van der Waals surface area (Å²) in [4.78, 5) is 21.6. The SMILES string of the molecule is CNS(=O)(=O)c1nc(-c2ccc(OC)c(C(=O)Nc3ccc(COCc4ccccc4)cc3)c2)cnc1C. The molecule has 0 aliphatic rings. The second-order valence-corrected chi connectivity index (χ2v) is 10.2. The zero-order valence-corrected chi connectivity index (χ0v) is 22.1. The lowest BCUT2D eigenvalue weighted by atomic mass is 10.1. The first-order chi connectivity index (χ1) is 18.3. The molecule has 196 valence electrons. The average Bonchev–Trinajstić information content (AvgIpc) is 2.94. The minimum absolute atomic E-state index is 0.174. The lowest BCUT2D eigenvalue weighted by molar-refractivity contribution is 0.102. The highest BCUT2D eigenvalue weighted by Crippen LogP contribution is 2.27. The number of amides is 1. The van der Waals surface area contributed by atoms with E-state index in [0.29, 0.717) is 35.9 Å². The Morgan fingerprint density at radius 3 is 2.29 bits per heavy atom. The summed E-state index contributed by atoms with van der Waals surface area (Å²) in [5.41, 5.74) is 4.03. The molecule has 1 amide bonds. The van der Waals surface area contributed by atoms with Crippen LogP contribution in [0.2, 0.25) is 0 Å². The second-order valence-electron chi connectivity index (χ2n) is 8.40. The first kappa shape index (κ1) is 26.9. The number of carbonyl (C=O) groups is 1. The Balaban J connectivity index is 1.49. The third kappa shape index (κ3) is 6.41. The van der Waals surface area contributed by atoms with E-state index in [4.69, 9.17) is 9.47 Å². The number of hydrogen-bond donors (Lipinski definition) is 2. The van der Waals surface area contributed by atoms with Crippen LogP contribution in [-0.2, 0) is 28.0 Å². The fourth-order valence-electron chi connectivity index (χ4n) is 3.71. The highest BCUT2D eigenvalue weighted by atomic mass is 32.2. The lowest BCUT2D eigenvalue weighted by Gasteiger charge is -2.13. The quantitative estimate of drug-likeness (QED) is 0.312. The molecule has 0 saturated heterocycles. The van der Waals surface area contributed by atoms with Crippen LogP contribution >= 0.6 is 0 Å². The van der Waals surface area contributed by atoms with Crippen molar-refractivity contribution >= 4 is 21.6 Å². The first-order valence-electron chi connectivity index (χ1n) is 11.8. The predicted molar refractivity (Wildman–Crippen MR) is 144 cm³/mol. The van der Waals surface area contributed by atoms with Crippen LogP contribution in [0.25, 0.3) is 11.3 Å². The van der Waals surface area contributed by atoms with Gasteiger partial charge in [0.1, 0.15) is 5.75 Å². The number of ether oxygens (including phenoxy) is 2. The zero-order valence-electron chi connectivity index (χ0n) is 21.3. The van der Waals surface area contributed by atoms with Gasteiger partial charge in [-0.3, -0.25) is 9.78 Å². The van der Waals surface area contributed by atoms with Gasteiger partial charge in [-0.15, -0.1) is 0 Å². The molecule has 4 aromatic rings. The van der Waals surface area contributed by atoms with Crippen molar-refractivity contribution in [3.63, 3.8) is 0 Å². The molecule has 9 nitrogen and oxygen atoms in total. The fraction of sp³-hybridized carbons (Fsp3) is 0.179. The number of nitrogens with one attached hydrogen (secondary N) is 2. The van der Waals surface area contributed by atoms with Crippen molar-refractivity contribution in [3.05, 3.63) is 101 Å². The Morgan fingerprint density at radius 2 is 1.63 bits per heavy atom. The standard InChI is InChI=1S/C28H28N4O5S/c1-19-28(38(34,35)29-2)32-25(16-30-19)22-11-14-26(36-3)24(15-22)27(33)31-23-12-9-21(10-13-23)18-37-17-20-7-5-4-6-8-20/h4-16,29H,17-18H2,1-3H3,(H,31,33). The lowest BCUT2D eigenvalue weighted by Crippen LogP contribution is -2.21. The monoisotopic (exact) mass is 532 g/mol. The smallest absolute Gasteiger partial charge is 0.259 e. The molecule has 0 aliphatic carbocycles. The number of rotatable bonds is 10. The van der Waals surface area contributed by atoms with E-state index in [-0.39, 0.29) is 22.2 Å². The summed E-state index contributed by atoms with van der Waals surface area (Å²) in [5.74, 6) is -0.0276. The van der Waals surface area contributed by atoms with Crippen LogP contribution in [0, 0.1) is 6.92 Å². The summed E-state index contributed by atoms with van der Waals surface area (Å²) in [7, 11) is -1.02. The minimum Gasteiger partial charge on any atom is -0.496 e. The van der Waals surface area contributed by atoms with Crippen molar-refractivity contribution in [1.29, 1.82) is 0 Å². The summed E-state index contributed by atoms with van der Waals surface area (Å²) in [6.45, 7) is 2.53. The molecule has 3 aromatic carbocycles. The van der Waals surface area contributed by atoms with Crippen LogP contribution < -0.4 is 14.8 Å². The molecule has 10 heteroatoms. The van der Waals surface area contributed by atoms with E-state index in [2.05, 4.69) is 20.0 Å². The molecular weight excluding hydrogens is 504 g/mol. The molecule has 0 radical (unpaired) electrons. The van der Waals surface area contributed by atoms with Gasteiger partial charge in [-0.1, -0.05) is 42.5 Å². The summed E-state index contributed by atoms with van der Waals surface area (Å²) >= 11 is 0. The van der Waals surface area contributed by atoms with Gasteiger partial charge < -0.3 is 14.8 Å². The number of hydrogen-bond acceptors (Lipinski definition) is 7. The zero-order chi connectivity index (χ0) is 27.1. The number of benzene rings is 3. The molecule has 2 N–H and O–H groups in total. The highest BCUT2D eigenvalue weighted by molar-refractivity contribution is 7.89. The molecule has 1 heterocycles. The van der Waals surface area contributed by atoms with Crippen molar-refractivity contribution in [2.75, 3.05) is 19.5 Å². The average molecular weight is 533 g/mol. The number of carbonyl (C=O) groups excluding carboxylic acids is 1. The Hall–Kier alpha value is -4.12. The maximum Gasteiger partial charge on any atom is 0.259 e. The predicted octanol–water partition coefficient (Wildman–Crippen LogP) is 4.34. The summed E-state index contributed by atoms with van der Waals surface area (Å²) in [6.07, 6.45) is 1.46. The number of aryl methyl sites for hydroxylation is 1. The van der Waals surface area contributed by atoms with Crippen LogP contribution in [0.4, 0.5) is 5.69 Å². The van der Waals surface area contributed by atoms with Gasteiger partial charge in [0.05, 0.1) is 43.5 Å². The second kappa shape index (κ2) is 12.0. The minimum atomic E-state index is -3.80. The van der Waals surface area contributed by atoms with E-state index in [1.54, 1.807) is 37.3 Å². The van der Waals surface area contributed by atoms with Gasteiger partial charge in [-0.25, -0.2) is 18.1 Å². The topological polar surface area (TPSA) is 120 Å². The Labute approximate surface area is 221 Å². The van der Waals surface area contributed by atoms with Crippen LogP contribution in [0.5, 0.6) is 5.75 Å². The Morgan fingerprint density at radius 1 is 0.947 bits per heavy atom. The highest BCUT2D eigenvalue weighted by Gasteiger charge is 2.20. The molecule has 1 aromatic heterocycles. The van der Waals surface area contributed by atoms with Gasteiger partial charge in [0.15, 0.2) is 5.03 Å². The van der Waals surface area contributed by atoms with E-state index in [0.717, 1.165) is 11.1 Å². The molecule has 0 saturated carbocycles. The molecule has 0 fully saturated rings. The molecule has 0 unspecified atom stereocenters. The van der Waals surface area contributed by atoms with Gasteiger partial charge in [-0.2, -0.15) is 0 Å². The van der Waals surface area contributed by atoms with Gasteiger partial charge in [0.2, 0.25) is 0 Å². The van der Waals surface area contributed by atoms with Gasteiger partial charge in [-0.05, 0) is 55.4 Å². The van der Waals surface area contributed by atoms with Crippen molar-refractivity contribution in [1.82, 2.24) is 14.7 Å². The van der Waals surface area contributed by atoms with Gasteiger partial charge in [0, 0.05) is 11.3 Å². The molecule has 0 bridgehead atoms. The normalized spacial score (nSPS) is 11.2. The molecule has 0 spiro atoms. The van der Waals surface area contributed by atoms with E-state index in [1.807, 2.05) is 42.5 Å². The van der Waals surface area contributed by atoms with E-state index < -0.39 is 10.0 Å². The summed E-state index contributed by atoms with van der Waals surface area (Å²) in [5, 5.41) is 2.70. The summed E-state index contributed by atoms with van der Waals surface area (Å²) in [6, 6.07) is 22.2. The molecule has 0 aliphatic heterocycles. The van der Waals surface area contributed by atoms with Crippen molar-refractivity contribution in [2.24, 2.45) is 0 Å². The van der Waals surface area contributed by atoms with Crippen molar-refractivity contribution in [2.45, 2.75) is 25.2 Å². The molecule has 4 rings (SSSR count). The largest absolute Gasteiger partial charge is 0.496 e. The third-order valence-electron chi connectivity index (χ3n) is 5.77. The number of nitrogens with zero attached hydrogens (tertiary/aromatic N) is 2. The molecule has 0 atom stereocenters. The number of aromatic nitrogens is 2. The van der Waals surface area contributed by atoms with Gasteiger partial charge in [0.25, 0.3) is 15.9 Å². The van der Waals surface area contributed by atoms with Crippen molar-refractivity contribution in [3.8, 4) is 17.0 Å². The van der Waals surface area contributed by atoms with Crippen LogP contribution in [0.1, 0.15) is 27.2 Å². The summed E-state index contributed by atoms with van der Waals surface area (Å²) < 4.78 is 38.1. The number of anilines is 1. The number of sulfonamides is 1. The third-order valence-corrected chi connectivity index (χ3v) is 7.20. The molecule has 38 heavy (non-hydrogen) atoms. The first-order valence-corrected chi connectivity index (χ1v) is 13.3. The van der Waals surface area contributed by atoms with E-state index in [1.165, 1.54) is 20.4 Å². The van der Waals surface area contributed by atoms with E-state index >= 15 is 0 Å². The van der Waals surface area contributed by atoms with Crippen molar-refractivity contribution < 1.29 is 22.7 Å². The Bertz CT molecular complexity index is 1530. The maximum absolute atomic E-state index is 13.2.